The van der Waals surface area contributed by atoms with E-state index in [0.29, 0.717) is 18.1 Å². The van der Waals surface area contributed by atoms with Crippen LogP contribution in [0.25, 0.3) is 0 Å². The fraction of sp³-hybridized carbons (Fsp3) is 0.292. The van der Waals surface area contributed by atoms with Gasteiger partial charge in [-0.25, -0.2) is 13.8 Å². The van der Waals surface area contributed by atoms with Gasteiger partial charge in [-0.3, -0.25) is 9.59 Å². The molecule has 1 aliphatic rings. The first-order valence-corrected chi connectivity index (χ1v) is 11.4. The number of rotatable bonds is 8. The molecule has 1 fully saturated rings. The Bertz CT molecular complexity index is 1080. The Kier molecular flexibility index (Phi) is 6.90. The Morgan fingerprint density at radius 2 is 1.59 bits per heavy atom. The first-order chi connectivity index (χ1) is 15.5. The molecule has 1 saturated carbocycles. The summed E-state index contributed by atoms with van der Waals surface area (Å²) in [6.07, 6.45) is 2.82. The van der Waals surface area contributed by atoms with Crippen molar-refractivity contribution in [1.82, 2.24) is 15.2 Å². The second-order valence-electron chi connectivity index (χ2n) is 7.88. The van der Waals surface area contributed by atoms with E-state index in [1.807, 2.05) is 0 Å². The Morgan fingerprint density at radius 1 is 0.969 bits per heavy atom. The molecule has 1 heterocycles. The number of nitrogens with one attached hydrogen (secondary N) is 1. The van der Waals surface area contributed by atoms with E-state index in [2.05, 4.69) is 10.3 Å². The van der Waals surface area contributed by atoms with Crippen LogP contribution in [0.5, 0.6) is 0 Å². The van der Waals surface area contributed by atoms with Crippen molar-refractivity contribution in [3.8, 4) is 0 Å². The number of thiazole rings is 1. The van der Waals surface area contributed by atoms with Crippen LogP contribution < -0.4 is 5.32 Å². The third kappa shape index (κ3) is 5.56. The van der Waals surface area contributed by atoms with E-state index in [-0.39, 0.29) is 41.6 Å². The largest absolute Gasteiger partial charge is 0.347 e. The normalized spacial score (nSPS) is 13.4. The molecular weight excluding hydrogens is 432 g/mol. The number of amides is 2. The topological polar surface area (TPSA) is 62.3 Å². The molecule has 166 valence electrons. The van der Waals surface area contributed by atoms with Gasteiger partial charge in [-0.1, -0.05) is 30.7 Å². The van der Waals surface area contributed by atoms with Gasteiger partial charge in [0.1, 0.15) is 22.3 Å². The Labute approximate surface area is 189 Å². The number of hydrogen-bond acceptors (Lipinski definition) is 4. The van der Waals surface area contributed by atoms with Gasteiger partial charge in [0, 0.05) is 24.4 Å². The highest BCUT2D eigenvalue weighted by atomic mass is 32.1. The summed E-state index contributed by atoms with van der Waals surface area (Å²) in [5.41, 5.74) is 1.91. The molecule has 1 aliphatic carbocycles. The van der Waals surface area contributed by atoms with E-state index in [1.165, 1.54) is 35.6 Å². The van der Waals surface area contributed by atoms with Gasteiger partial charge in [-0.15, -0.1) is 11.3 Å². The van der Waals surface area contributed by atoms with Gasteiger partial charge in [-0.2, -0.15) is 0 Å². The van der Waals surface area contributed by atoms with Crippen LogP contribution in [0.3, 0.4) is 0 Å². The summed E-state index contributed by atoms with van der Waals surface area (Å²) < 4.78 is 26.3. The van der Waals surface area contributed by atoms with Crippen molar-refractivity contribution >= 4 is 23.2 Å². The average molecular weight is 456 g/mol. The van der Waals surface area contributed by atoms with Gasteiger partial charge in [-0.05, 0) is 48.2 Å². The highest BCUT2D eigenvalue weighted by Gasteiger charge is 2.30. The number of benzene rings is 2. The van der Waals surface area contributed by atoms with Crippen LogP contribution in [0.1, 0.15) is 45.9 Å². The Morgan fingerprint density at radius 3 is 2.19 bits per heavy atom. The Balaban J connectivity index is 1.40. The van der Waals surface area contributed by atoms with Gasteiger partial charge in [0.2, 0.25) is 5.91 Å². The number of hydrogen-bond donors (Lipinski definition) is 1. The number of aromatic nitrogens is 1. The third-order valence-electron chi connectivity index (χ3n) is 5.53. The van der Waals surface area contributed by atoms with Gasteiger partial charge >= 0.3 is 0 Å². The van der Waals surface area contributed by atoms with Crippen molar-refractivity contribution in [2.45, 2.75) is 38.9 Å². The third-order valence-corrected chi connectivity index (χ3v) is 6.36. The second-order valence-corrected chi connectivity index (χ2v) is 8.83. The zero-order chi connectivity index (χ0) is 22.5. The summed E-state index contributed by atoms with van der Waals surface area (Å²) in [5.74, 6) is -0.883. The van der Waals surface area contributed by atoms with Crippen molar-refractivity contribution < 1.29 is 18.4 Å². The van der Waals surface area contributed by atoms with Crippen LogP contribution in [0.4, 0.5) is 8.78 Å². The van der Waals surface area contributed by atoms with Crippen molar-refractivity contribution in [2.75, 3.05) is 0 Å². The molecular formula is C24H23F2N3O2S. The molecule has 0 bridgehead atoms. The molecule has 0 aliphatic heterocycles. The first kappa shape index (κ1) is 22.1. The molecule has 3 aromatic rings. The van der Waals surface area contributed by atoms with Crippen LogP contribution in [0.2, 0.25) is 0 Å². The van der Waals surface area contributed by atoms with Crippen molar-refractivity contribution in [3.63, 3.8) is 0 Å². The number of halogens is 2. The molecule has 1 aromatic heterocycles. The highest BCUT2D eigenvalue weighted by molar-refractivity contribution is 7.09. The quantitative estimate of drug-likeness (QED) is 0.537. The maximum atomic E-state index is 13.2. The van der Waals surface area contributed by atoms with E-state index in [1.54, 1.807) is 34.5 Å². The Hall–Kier alpha value is -3.13. The standard InChI is InChI=1S/C24H23F2N3O2S/c25-19-8-4-16(5-9-19)12-27-23(30)21-15-32-22(28-21)14-29(24(31)18-2-1-3-18)13-17-6-10-20(26)11-7-17/h4-11,15,18H,1-3,12-14H2,(H,27,30). The van der Waals surface area contributed by atoms with Gasteiger partial charge < -0.3 is 10.2 Å². The zero-order valence-corrected chi connectivity index (χ0v) is 18.2. The molecule has 0 spiro atoms. The van der Waals surface area contributed by atoms with E-state index < -0.39 is 0 Å². The molecule has 1 N–H and O–H groups in total. The van der Waals surface area contributed by atoms with Crippen LogP contribution in [0.15, 0.2) is 53.9 Å². The summed E-state index contributed by atoms with van der Waals surface area (Å²) in [6, 6.07) is 12.0. The monoisotopic (exact) mass is 455 g/mol. The molecule has 0 atom stereocenters. The molecule has 4 rings (SSSR count). The lowest BCUT2D eigenvalue weighted by atomic mass is 9.84. The molecule has 32 heavy (non-hydrogen) atoms. The lowest BCUT2D eigenvalue weighted by molar-refractivity contribution is -0.139. The predicted molar refractivity (Wildman–Crippen MR) is 118 cm³/mol. The fourth-order valence-corrected chi connectivity index (χ4v) is 4.25. The second kappa shape index (κ2) is 9.99. The fourth-order valence-electron chi connectivity index (χ4n) is 3.46. The summed E-state index contributed by atoms with van der Waals surface area (Å²) in [4.78, 5) is 31.5. The molecule has 2 aromatic carbocycles. The van der Waals surface area contributed by atoms with E-state index in [4.69, 9.17) is 0 Å². The van der Waals surface area contributed by atoms with Gasteiger partial charge in [0.05, 0.1) is 6.54 Å². The molecule has 0 saturated heterocycles. The maximum absolute atomic E-state index is 13.2. The molecule has 0 radical (unpaired) electrons. The van der Waals surface area contributed by atoms with E-state index >= 15 is 0 Å². The van der Waals surface area contributed by atoms with Gasteiger partial charge in [0.15, 0.2) is 0 Å². The summed E-state index contributed by atoms with van der Waals surface area (Å²) in [5, 5.41) is 5.10. The van der Waals surface area contributed by atoms with Crippen LogP contribution >= 0.6 is 11.3 Å². The number of nitrogens with zero attached hydrogens (tertiary/aromatic N) is 2. The summed E-state index contributed by atoms with van der Waals surface area (Å²) in [6.45, 7) is 0.923. The first-order valence-electron chi connectivity index (χ1n) is 10.5. The van der Waals surface area contributed by atoms with Gasteiger partial charge in [0.25, 0.3) is 5.91 Å². The minimum Gasteiger partial charge on any atom is -0.347 e. The zero-order valence-electron chi connectivity index (χ0n) is 17.4. The molecule has 8 heteroatoms. The molecule has 0 unspecified atom stereocenters. The van der Waals surface area contributed by atoms with E-state index in [0.717, 1.165) is 30.4 Å². The highest BCUT2D eigenvalue weighted by Crippen LogP contribution is 2.29. The molecule has 2 amide bonds. The lowest BCUT2D eigenvalue weighted by Gasteiger charge is -2.31. The molecule has 5 nitrogen and oxygen atoms in total. The van der Waals surface area contributed by atoms with Crippen molar-refractivity contribution in [2.24, 2.45) is 5.92 Å². The minimum atomic E-state index is -0.328. The van der Waals surface area contributed by atoms with Crippen molar-refractivity contribution in [1.29, 1.82) is 0 Å². The summed E-state index contributed by atoms with van der Waals surface area (Å²) >= 11 is 1.32. The average Bonchev–Trinajstić information content (AvgIpc) is 3.21. The number of carbonyl (C=O) groups is 2. The minimum absolute atomic E-state index is 0.0221. The maximum Gasteiger partial charge on any atom is 0.271 e. The number of carbonyl (C=O) groups excluding carboxylic acids is 2. The van der Waals surface area contributed by atoms with E-state index in [9.17, 15) is 18.4 Å². The SMILES string of the molecule is O=C(NCc1ccc(F)cc1)c1csc(CN(Cc2ccc(F)cc2)C(=O)C2CCC2)n1. The predicted octanol–water partition coefficient (Wildman–Crippen LogP) is 4.68. The summed E-state index contributed by atoms with van der Waals surface area (Å²) in [7, 11) is 0. The van der Waals surface area contributed by atoms with Crippen LogP contribution in [-0.4, -0.2) is 21.7 Å². The lowest BCUT2D eigenvalue weighted by Crippen LogP contribution is -2.38. The van der Waals surface area contributed by atoms with Crippen molar-refractivity contribution in [3.05, 3.63) is 87.4 Å². The van der Waals surface area contributed by atoms with Crippen LogP contribution in [-0.2, 0) is 24.4 Å². The smallest absolute Gasteiger partial charge is 0.271 e. The van der Waals surface area contributed by atoms with Crippen LogP contribution in [0, 0.1) is 17.6 Å².